The number of halogens is 1. The zero-order valence-corrected chi connectivity index (χ0v) is 11.0. The van der Waals surface area contributed by atoms with E-state index >= 15 is 0 Å². The molecular formula is C11H14ClN5O. The van der Waals surface area contributed by atoms with E-state index in [1.807, 2.05) is 6.92 Å². The minimum absolute atomic E-state index is 0.174. The average molecular weight is 268 g/mol. The molecule has 1 amide bonds. The molecular weight excluding hydrogens is 254 g/mol. The SMILES string of the molecule is CCn1nccc1C(=O)NCc1c(Cl)cnn1C. The van der Waals surface area contributed by atoms with Crippen molar-refractivity contribution in [2.75, 3.05) is 0 Å². The zero-order chi connectivity index (χ0) is 13.1. The molecule has 0 saturated carbocycles. The molecule has 0 saturated heterocycles. The van der Waals surface area contributed by atoms with Gasteiger partial charge < -0.3 is 5.32 Å². The molecule has 0 aliphatic heterocycles. The quantitative estimate of drug-likeness (QED) is 0.906. The molecule has 0 unspecified atom stereocenters. The van der Waals surface area contributed by atoms with Crippen LogP contribution < -0.4 is 5.32 Å². The van der Waals surface area contributed by atoms with Crippen LogP contribution in [0.5, 0.6) is 0 Å². The molecule has 1 N–H and O–H groups in total. The van der Waals surface area contributed by atoms with Crippen LogP contribution in [0.25, 0.3) is 0 Å². The Morgan fingerprint density at radius 3 is 2.89 bits per heavy atom. The molecule has 18 heavy (non-hydrogen) atoms. The lowest BCUT2D eigenvalue weighted by Gasteiger charge is -2.07. The molecule has 6 nitrogen and oxygen atoms in total. The topological polar surface area (TPSA) is 64.7 Å². The van der Waals surface area contributed by atoms with Crippen LogP contribution in [0.1, 0.15) is 23.1 Å². The van der Waals surface area contributed by atoms with Gasteiger partial charge in [0.05, 0.1) is 23.5 Å². The number of nitrogens with zero attached hydrogens (tertiary/aromatic N) is 4. The number of amides is 1. The first-order valence-corrected chi connectivity index (χ1v) is 5.97. The maximum absolute atomic E-state index is 12.0. The van der Waals surface area contributed by atoms with Gasteiger partial charge in [0.25, 0.3) is 5.91 Å². The summed E-state index contributed by atoms with van der Waals surface area (Å²) in [5.74, 6) is -0.174. The molecule has 0 aliphatic rings. The predicted octanol–water partition coefficient (Wildman–Crippen LogP) is 1.22. The zero-order valence-electron chi connectivity index (χ0n) is 10.2. The van der Waals surface area contributed by atoms with Crippen molar-refractivity contribution in [2.24, 2.45) is 7.05 Å². The third-order valence-electron chi connectivity index (χ3n) is 2.68. The average Bonchev–Trinajstić information content (AvgIpc) is 2.94. The number of hydrogen-bond donors (Lipinski definition) is 1. The number of carbonyl (C=O) groups is 1. The lowest BCUT2D eigenvalue weighted by atomic mass is 10.3. The van der Waals surface area contributed by atoms with E-state index in [-0.39, 0.29) is 5.91 Å². The molecule has 0 atom stereocenters. The standard InChI is InChI=1S/C11H14ClN5O/c1-3-17-9(4-5-14-17)11(18)13-7-10-8(12)6-15-16(10)2/h4-6H,3,7H2,1-2H3,(H,13,18). The molecule has 2 rings (SSSR count). The van der Waals surface area contributed by atoms with Gasteiger partial charge in [0.15, 0.2) is 0 Å². The lowest BCUT2D eigenvalue weighted by Crippen LogP contribution is -2.26. The summed E-state index contributed by atoms with van der Waals surface area (Å²) in [6.07, 6.45) is 3.16. The van der Waals surface area contributed by atoms with Crippen LogP contribution in [-0.4, -0.2) is 25.5 Å². The van der Waals surface area contributed by atoms with Crippen LogP contribution in [0.2, 0.25) is 5.02 Å². The number of nitrogens with one attached hydrogen (secondary N) is 1. The Morgan fingerprint density at radius 2 is 2.28 bits per heavy atom. The molecule has 0 aliphatic carbocycles. The fourth-order valence-electron chi connectivity index (χ4n) is 1.67. The molecule has 96 valence electrons. The van der Waals surface area contributed by atoms with Gasteiger partial charge in [0, 0.05) is 19.8 Å². The third kappa shape index (κ3) is 2.38. The minimum atomic E-state index is -0.174. The molecule has 2 aromatic heterocycles. The van der Waals surface area contributed by atoms with Crippen LogP contribution in [-0.2, 0) is 20.1 Å². The first-order chi connectivity index (χ1) is 8.63. The molecule has 2 aromatic rings. The Hall–Kier alpha value is -1.82. The molecule has 2 heterocycles. The van der Waals surface area contributed by atoms with Crippen molar-refractivity contribution in [2.45, 2.75) is 20.0 Å². The number of aromatic nitrogens is 4. The van der Waals surface area contributed by atoms with Crippen molar-refractivity contribution in [3.8, 4) is 0 Å². The van der Waals surface area contributed by atoms with Crippen molar-refractivity contribution < 1.29 is 4.79 Å². The van der Waals surface area contributed by atoms with Crippen LogP contribution in [0.15, 0.2) is 18.5 Å². The first-order valence-electron chi connectivity index (χ1n) is 5.60. The highest BCUT2D eigenvalue weighted by Crippen LogP contribution is 2.13. The van der Waals surface area contributed by atoms with Gasteiger partial charge in [-0.05, 0) is 13.0 Å². The van der Waals surface area contributed by atoms with E-state index in [2.05, 4.69) is 15.5 Å². The number of rotatable bonds is 4. The molecule has 0 fully saturated rings. The van der Waals surface area contributed by atoms with Gasteiger partial charge in [-0.15, -0.1) is 0 Å². The fourth-order valence-corrected chi connectivity index (χ4v) is 1.90. The van der Waals surface area contributed by atoms with Crippen LogP contribution >= 0.6 is 11.6 Å². The van der Waals surface area contributed by atoms with E-state index in [9.17, 15) is 4.79 Å². The van der Waals surface area contributed by atoms with E-state index in [1.165, 1.54) is 0 Å². The summed E-state index contributed by atoms with van der Waals surface area (Å²) in [6.45, 7) is 2.92. The number of hydrogen-bond acceptors (Lipinski definition) is 3. The summed E-state index contributed by atoms with van der Waals surface area (Å²) in [6, 6.07) is 1.68. The van der Waals surface area contributed by atoms with Gasteiger partial charge in [-0.25, -0.2) is 0 Å². The number of carbonyl (C=O) groups excluding carboxylic acids is 1. The second-order valence-corrected chi connectivity index (χ2v) is 4.18. The second kappa shape index (κ2) is 5.22. The maximum Gasteiger partial charge on any atom is 0.269 e. The van der Waals surface area contributed by atoms with Gasteiger partial charge in [0.2, 0.25) is 0 Å². The number of aryl methyl sites for hydroxylation is 2. The summed E-state index contributed by atoms with van der Waals surface area (Å²) in [5.41, 5.74) is 1.31. The van der Waals surface area contributed by atoms with Gasteiger partial charge in [0.1, 0.15) is 5.69 Å². The maximum atomic E-state index is 12.0. The van der Waals surface area contributed by atoms with Crippen molar-refractivity contribution in [1.29, 1.82) is 0 Å². The second-order valence-electron chi connectivity index (χ2n) is 3.78. The largest absolute Gasteiger partial charge is 0.345 e. The fraction of sp³-hybridized carbons (Fsp3) is 0.364. The highest BCUT2D eigenvalue weighted by Gasteiger charge is 2.12. The van der Waals surface area contributed by atoms with Crippen molar-refractivity contribution in [3.63, 3.8) is 0 Å². The summed E-state index contributed by atoms with van der Waals surface area (Å²) < 4.78 is 3.28. The summed E-state index contributed by atoms with van der Waals surface area (Å²) >= 11 is 5.96. The van der Waals surface area contributed by atoms with Crippen LogP contribution in [0, 0.1) is 0 Å². The van der Waals surface area contributed by atoms with E-state index in [4.69, 9.17) is 11.6 Å². The van der Waals surface area contributed by atoms with E-state index < -0.39 is 0 Å². The Bertz CT molecular complexity index is 540. The van der Waals surface area contributed by atoms with E-state index in [0.29, 0.717) is 23.8 Å². The van der Waals surface area contributed by atoms with Crippen LogP contribution in [0.3, 0.4) is 0 Å². The summed E-state index contributed by atoms with van der Waals surface area (Å²) in [5, 5.41) is 11.4. The minimum Gasteiger partial charge on any atom is -0.345 e. The summed E-state index contributed by atoms with van der Waals surface area (Å²) in [7, 11) is 1.78. The molecule has 0 spiro atoms. The van der Waals surface area contributed by atoms with Crippen LogP contribution in [0.4, 0.5) is 0 Å². The smallest absolute Gasteiger partial charge is 0.269 e. The summed E-state index contributed by atoms with van der Waals surface area (Å²) in [4.78, 5) is 12.0. The Balaban J connectivity index is 2.05. The Kier molecular flexibility index (Phi) is 3.66. The van der Waals surface area contributed by atoms with Crippen molar-refractivity contribution in [3.05, 3.63) is 34.9 Å². The lowest BCUT2D eigenvalue weighted by molar-refractivity contribution is 0.0939. The highest BCUT2D eigenvalue weighted by molar-refractivity contribution is 6.31. The highest BCUT2D eigenvalue weighted by atomic mass is 35.5. The van der Waals surface area contributed by atoms with Gasteiger partial charge in [-0.1, -0.05) is 11.6 Å². The van der Waals surface area contributed by atoms with Gasteiger partial charge in [-0.3, -0.25) is 14.2 Å². The molecule has 7 heteroatoms. The Labute approximate surface area is 110 Å². The third-order valence-corrected chi connectivity index (χ3v) is 2.99. The predicted molar refractivity (Wildman–Crippen MR) is 67.3 cm³/mol. The molecule has 0 aromatic carbocycles. The van der Waals surface area contributed by atoms with Crippen molar-refractivity contribution >= 4 is 17.5 Å². The van der Waals surface area contributed by atoms with Gasteiger partial charge >= 0.3 is 0 Å². The van der Waals surface area contributed by atoms with E-state index in [0.717, 1.165) is 5.69 Å². The molecule has 0 radical (unpaired) electrons. The first kappa shape index (κ1) is 12.6. The Morgan fingerprint density at radius 1 is 1.50 bits per heavy atom. The van der Waals surface area contributed by atoms with Gasteiger partial charge in [-0.2, -0.15) is 10.2 Å². The monoisotopic (exact) mass is 267 g/mol. The normalized spacial score (nSPS) is 10.6. The van der Waals surface area contributed by atoms with Crippen molar-refractivity contribution in [1.82, 2.24) is 24.9 Å². The van der Waals surface area contributed by atoms with E-state index in [1.54, 1.807) is 34.9 Å². The molecule has 0 bridgehead atoms.